The molecule has 1 unspecified atom stereocenters. The Kier molecular flexibility index (Phi) is 5.40. The highest BCUT2D eigenvalue weighted by Crippen LogP contribution is 2.42. The van der Waals surface area contributed by atoms with E-state index in [0.717, 1.165) is 11.1 Å². The molecule has 0 aliphatic carbocycles. The van der Waals surface area contributed by atoms with Crippen LogP contribution < -0.4 is 4.90 Å². The predicted molar refractivity (Wildman–Crippen MR) is 117 cm³/mol. The Morgan fingerprint density at radius 3 is 2.41 bits per heavy atom. The summed E-state index contributed by atoms with van der Waals surface area (Å²) in [5, 5.41) is 11.2. The van der Waals surface area contributed by atoms with E-state index in [-0.39, 0.29) is 11.3 Å². The first-order valence-electron chi connectivity index (χ1n) is 9.94. The quantitative estimate of drug-likeness (QED) is 0.286. The smallest absolute Gasteiger partial charge is 0.337 e. The number of carbonyl (C=O) groups excluding carboxylic acids is 3. The van der Waals surface area contributed by atoms with Crippen molar-refractivity contribution >= 4 is 29.1 Å². The van der Waals surface area contributed by atoms with Gasteiger partial charge in [0.2, 0.25) is 0 Å². The highest BCUT2D eigenvalue weighted by atomic mass is 16.5. The second-order valence-electron chi connectivity index (χ2n) is 7.54. The summed E-state index contributed by atoms with van der Waals surface area (Å²) >= 11 is 0. The van der Waals surface area contributed by atoms with E-state index in [9.17, 15) is 19.5 Å². The van der Waals surface area contributed by atoms with Crippen molar-refractivity contribution in [2.45, 2.75) is 19.9 Å². The van der Waals surface area contributed by atoms with E-state index in [1.807, 2.05) is 26.0 Å². The van der Waals surface area contributed by atoms with Gasteiger partial charge >= 0.3 is 5.97 Å². The van der Waals surface area contributed by atoms with Crippen molar-refractivity contribution in [3.05, 3.63) is 94.4 Å². The van der Waals surface area contributed by atoms with Gasteiger partial charge in [-0.25, -0.2) is 4.79 Å². The van der Waals surface area contributed by atoms with E-state index in [0.29, 0.717) is 22.6 Å². The monoisotopic (exact) mass is 431 g/mol. The number of ketones is 1. The number of methoxy groups -OCH3 is 1. The molecule has 2 heterocycles. The number of aliphatic hydroxyl groups is 1. The van der Waals surface area contributed by atoms with Crippen molar-refractivity contribution < 1.29 is 28.6 Å². The number of hydrogen-bond acceptors (Lipinski definition) is 6. The Hall–Kier alpha value is -4.13. The van der Waals surface area contributed by atoms with Gasteiger partial charge in [0.1, 0.15) is 17.6 Å². The molecule has 3 aromatic rings. The Morgan fingerprint density at radius 2 is 1.78 bits per heavy atom. The van der Waals surface area contributed by atoms with Crippen LogP contribution in [0.1, 0.15) is 38.9 Å². The van der Waals surface area contributed by atoms with Gasteiger partial charge in [0.15, 0.2) is 0 Å². The molecule has 0 radical (unpaired) electrons. The lowest BCUT2D eigenvalue weighted by Crippen LogP contribution is -2.29. The molecule has 1 aromatic heterocycles. The summed E-state index contributed by atoms with van der Waals surface area (Å²) in [6.07, 6.45) is 1.44. The van der Waals surface area contributed by atoms with Crippen molar-refractivity contribution in [1.29, 1.82) is 0 Å². The summed E-state index contributed by atoms with van der Waals surface area (Å²) in [6.45, 7) is 3.69. The molecule has 1 saturated heterocycles. The summed E-state index contributed by atoms with van der Waals surface area (Å²) in [5.74, 6) is -2.07. The van der Waals surface area contributed by atoms with Crippen LogP contribution in [0, 0.1) is 13.8 Å². The van der Waals surface area contributed by atoms with Crippen LogP contribution in [0.4, 0.5) is 5.69 Å². The topological polar surface area (TPSA) is 97.0 Å². The second kappa shape index (κ2) is 8.19. The largest absolute Gasteiger partial charge is 0.507 e. The molecule has 1 aliphatic heterocycles. The van der Waals surface area contributed by atoms with E-state index in [4.69, 9.17) is 9.15 Å². The first-order chi connectivity index (χ1) is 15.3. The molecule has 1 aliphatic rings. The van der Waals surface area contributed by atoms with Crippen LogP contribution in [-0.2, 0) is 14.3 Å². The number of esters is 1. The highest BCUT2D eigenvalue weighted by Gasteiger charge is 2.48. The van der Waals surface area contributed by atoms with Crippen LogP contribution in [0.15, 0.2) is 70.9 Å². The minimum atomic E-state index is -0.964. The zero-order valence-electron chi connectivity index (χ0n) is 17.8. The molecule has 0 bridgehead atoms. The first kappa shape index (κ1) is 21.1. The summed E-state index contributed by atoms with van der Waals surface area (Å²) in [4.78, 5) is 39.2. The lowest BCUT2D eigenvalue weighted by molar-refractivity contribution is -0.132. The van der Waals surface area contributed by atoms with E-state index < -0.39 is 23.7 Å². The number of furan rings is 1. The van der Waals surface area contributed by atoms with Crippen LogP contribution in [0.5, 0.6) is 0 Å². The molecule has 162 valence electrons. The number of anilines is 1. The van der Waals surface area contributed by atoms with Gasteiger partial charge in [-0.05, 0) is 61.9 Å². The maximum absolute atomic E-state index is 13.1. The number of carbonyl (C=O) groups is 3. The number of aryl methyl sites for hydroxylation is 2. The summed E-state index contributed by atoms with van der Waals surface area (Å²) in [7, 11) is 1.28. The van der Waals surface area contributed by atoms with Gasteiger partial charge in [-0.15, -0.1) is 0 Å². The SMILES string of the molecule is COC(=O)c1ccc(N2C(=O)C(=O)/C(=C(\O)c3cc(C)ccc3C)C2c2ccco2)cc1. The normalized spacial score (nSPS) is 17.6. The van der Waals surface area contributed by atoms with Gasteiger partial charge in [-0.3, -0.25) is 14.5 Å². The van der Waals surface area contributed by atoms with Gasteiger partial charge < -0.3 is 14.3 Å². The molecule has 0 spiro atoms. The molecule has 4 rings (SSSR count). The fourth-order valence-electron chi connectivity index (χ4n) is 3.83. The molecular weight excluding hydrogens is 410 g/mol. The summed E-state index contributed by atoms with van der Waals surface area (Å²) < 4.78 is 10.3. The van der Waals surface area contributed by atoms with Crippen molar-refractivity contribution in [2.75, 3.05) is 12.0 Å². The van der Waals surface area contributed by atoms with Gasteiger partial charge in [-0.2, -0.15) is 0 Å². The van der Waals surface area contributed by atoms with Gasteiger partial charge in [-0.1, -0.05) is 17.7 Å². The Bertz CT molecular complexity index is 1240. The third-order valence-corrected chi connectivity index (χ3v) is 5.47. The van der Waals surface area contributed by atoms with E-state index >= 15 is 0 Å². The standard InChI is InChI=1S/C25H21NO6/c1-14-6-7-15(2)18(13-14)22(27)20-21(19-5-4-12-32-19)26(24(29)23(20)28)17-10-8-16(9-11-17)25(30)31-3/h4-13,21,27H,1-3H3/b22-20-. The number of benzene rings is 2. The average Bonchev–Trinajstić information content (AvgIpc) is 3.41. The van der Waals surface area contributed by atoms with E-state index in [1.54, 1.807) is 30.3 Å². The van der Waals surface area contributed by atoms with Gasteiger partial charge in [0.05, 0.1) is 24.5 Å². The Labute approximate surface area is 184 Å². The molecule has 0 saturated carbocycles. The molecule has 1 N–H and O–H groups in total. The second-order valence-corrected chi connectivity index (χ2v) is 7.54. The molecule has 2 aromatic carbocycles. The molecular formula is C25H21NO6. The van der Waals surface area contributed by atoms with E-state index in [2.05, 4.69) is 0 Å². The maximum Gasteiger partial charge on any atom is 0.337 e. The fraction of sp³-hybridized carbons (Fsp3) is 0.160. The molecule has 1 amide bonds. The Balaban J connectivity index is 1.89. The minimum absolute atomic E-state index is 0.0595. The number of aliphatic hydroxyl groups excluding tert-OH is 1. The molecule has 7 heteroatoms. The third kappa shape index (κ3) is 3.47. The molecule has 32 heavy (non-hydrogen) atoms. The molecule has 1 atom stereocenters. The number of rotatable bonds is 4. The van der Waals surface area contributed by atoms with Crippen LogP contribution >= 0.6 is 0 Å². The molecule has 7 nitrogen and oxygen atoms in total. The van der Waals surface area contributed by atoms with Gasteiger partial charge in [0, 0.05) is 11.3 Å². The summed E-state index contributed by atoms with van der Waals surface area (Å²) in [5.41, 5.74) is 2.76. The van der Waals surface area contributed by atoms with Crippen LogP contribution in [0.25, 0.3) is 5.76 Å². The van der Waals surface area contributed by atoms with Crippen LogP contribution in [0.3, 0.4) is 0 Å². The van der Waals surface area contributed by atoms with E-state index in [1.165, 1.54) is 30.4 Å². The van der Waals surface area contributed by atoms with Gasteiger partial charge in [0.25, 0.3) is 11.7 Å². The average molecular weight is 431 g/mol. The fourth-order valence-corrected chi connectivity index (χ4v) is 3.83. The number of amides is 1. The first-order valence-corrected chi connectivity index (χ1v) is 9.94. The lowest BCUT2D eigenvalue weighted by atomic mass is 9.96. The van der Waals surface area contributed by atoms with Crippen molar-refractivity contribution in [3.8, 4) is 0 Å². The number of hydrogen-bond donors (Lipinski definition) is 1. The number of nitrogens with zero attached hydrogens (tertiary/aromatic N) is 1. The highest BCUT2D eigenvalue weighted by molar-refractivity contribution is 6.51. The Morgan fingerprint density at radius 1 is 1.06 bits per heavy atom. The van der Waals surface area contributed by atoms with Crippen molar-refractivity contribution in [1.82, 2.24) is 0 Å². The lowest BCUT2D eigenvalue weighted by Gasteiger charge is -2.23. The minimum Gasteiger partial charge on any atom is -0.507 e. The van der Waals surface area contributed by atoms with Crippen molar-refractivity contribution in [3.63, 3.8) is 0 Å². The van der Waals surface area contributed by atoms with Crippen LogP contribution in [-0.4, -0.2) is 29.9 Å². The maximum atomic E-state index is 13.1. The molecule has 1 fully saturated rings. The summed E-state index contributed by atoms with van der Waals surface area (Å²) in [6, 6.07) is 13.9. The number of Topliss-reactive ketones (excluding diaryl/α,β-unsaturated/α-hetero) is 1. The predicted octanol–water partition coefficient (Wildman–Crippen LogP) is 4.31. The zero-order chi connectivity index (χ0) is 23.0. The number of ether oxygens (including phenoxy) is 1. The van der Waals surface area contributed by atoms with Crippen LogP contribution in [0.2, 0.25) is 0 Å². The van der Waals surface area contributed by atoms with Crippen molar-refractivity contribution in [2.24, 2.45) is 0 Å². The zero-order valence-corrected chi connectivity index (χ0v) is 17.8. The third-order valence-electron chi connectivity index (χ3n) is 5.47.